The molecule has 0 aliphatic carbocycles. The monoisotopic (exact) mass is 279 g/mol. The number of β-amino-alcohol motifs (C(OH)–C–C–N with tert-alkyl or cyclic N) is 1. The lowest BCUT2D eigenvalue weighted by Crippen LogP contribution is -2.42. The van der Waals surface area contributed by atoms with Crippen molar-refractivity contribution in [1.82, 2.24) is 15.0 Å². The summed E-state index contributed by atoms with van der Waals surface area (Å²) in [6, 6.07) is 1.98. The van der Waals surface area contributed by atoms with E-state index in [9.17, 15) is 5.11 Å². The first-order valence-electron chi connectivity index (χ1n) is 6.48. The summed E-state index contributed by atoms with van der Waals surface area (Å²) >= 11 is 1.61. The highest BCUT2D eigenvalue weighted by Gasteiger charge is 2.25. The maximum Gasteiger partial charge on any atom is 0.241 e. The zero-order valence-corrected chi connectivity index (χ0v) is 11.6. The Labute approximate surface area is 115 Å². The van der Waals surface area contributed by atoms with Crippen molar-refractivity contribution in [2.24, 2.45) is 5.92 Å². The average molecular weight is 279 g/mol. The molecule has 102 valence electrons. The fourth-order valence-electron chi connectivity index (χ4n) is 2.28. The van der Waals surface area contributed by atoms with Gasteiger partial charge in [0.1, 0.15) is 0 Å². The number of nitrogens with zero attached hydrogens (tertiary/aromatic N) is 3. The number of likely N-dealkylation sites (tertiary alicyclic amines) is 1. The Bertz CT molecular complexity index is 526. The topological polar surface area (TPSA) is 62.4 Å². The Balaban J connectivity index is 1.64. The molecule has 0 saturated carbocycles. The summed E-state index contributed by atoms with van der Waals surface area (Å²) < 4.78 is 5.27. The second kappa shape index (κ2) is 5.40. The predicted molar refractivity (Wildman–Crippen MR) is 72.7 cm³/mol. The third-order valence-electron chi connectivity index (χ3n) is 3.61. The fraction of sp³-hybridized carbons (Fsp3) is 0.538. The van der Waals surface area contributed by atoms with E-state index in [0.717, 1.165) is 18.5 Å². The van der Waals surface area contributed by atoms with E-state index in [2.05, 4.69) is 22.0 Å². The van der Waals surface area contributed by atoms with Gasteiger partial charge >= 0.3 is 0 Å². The number of thiophene rings is 1. The molecular formula is C13H17N3O2S. The molecule has 6 heteroatoms. The largest absolute Gasteiger partial charge is 0.392 e. The van der Waals surface area contributed by atoms with Crippen molar-refractivity contribution in [2.75, 3.05) is 13.1 Å². The lowest BCUT2D eigenvalue weighted by Gasteiger charge is -2.33. The molecule has 1 saturated heterocycles. The second-order valence-electron chi connectivity index (χ2n) is 5.09. The van der Waals surface area contributed by atoms with Crippen LogP contribution in [0, 0.1) is 5.92 Å². The van der Waals surface area contributed by atoms with Crippen LogP contribution >= 0.6 is 11.3 Å². The molecule has 2 unspecified atom stereocenters. The highest BCUT2D eigenvalue weighted by atomic mass is 32.1. The first-order chi connectivity index (χ1) is 9.22. The van der Waals surface area contributed by atoms with Gasteiger partial charge < -0.3 is 9.63 Å². The van der Waals surface area contributed by atoms with Crippen molar-refractivity contribution in [3.05, 3.63) is 22.7 Å². The van der Waals surface area contributed by atoms with Crippen LogP contribution in [-0.4, -0.2) is 39.3 Å². The Morgan fingerprint density at radius 3 is 3.21 bits per heavy atom. The van der Waals surface area contributed by atoms with Gasteiger partial charge in [0.2, 0.25) is 11.7 Å². The molecule has 2 atom stereocenters. The summed E-state index contributed by atoms with van der Waals surface area (Å²) in [6.45, 7) is 4.34. The lowest BCUT2D eigenvalue weighted by molar-refractivity contribution is 0.0220. The molecule has 1 aliphatic heterocycles. The molecule has 1 fully saturated rings. The van der Waals surface area contributed by atoms with Gasteiger partial charge in [-0.25, -0.2) is 0 Å². The minimum absolute atomic E-state index is 0.256. The van der Waals surface area contributed by atoms with Gasteiger partial charge in [-0.3, -0.25) is 4.90 Å². The molecule has 0 spiro atoms. The van der Waals surface area contributed by atoms with Crippen molar-refractivity contribution in [3.63, 3.8) is 0 Å². The standard InChI is InChI=1S/C13H17N3O2S/c1-9-2-4-16(6-11(9)17)7-12-14-13(15-18-12)10-3-5-19-8-10/h3,5,8-9,11,17H,2,4,6-7H2,1H3. The molecule has 0 aromatic carbocycles. The number of aliphatic hydroxyl groups excluding tert-OH is 1. The maximum atomic E-state index is 9.87. The van der Waals surface area contributed by atoms with Crippen LogP contribution in [0.2, 0.25) is 0 Å². The fourth-order valence-corrected chi connectivity index (χ4v) is 2.91. The van der Waals surface area contributed by atoms with Gasteiger partial charge in [0, 0.05) is 17.5 Å². The molecule has 5 nitrogen and oxygen atoms in total. The predicted octanol–water partition coefficient (Wildman–Crippen LogP) is 2.00. The van der Waals surface area contributed by atoms with Crippen LogP contribution in [0.5, 0.6) is 0 Å². The van der Waals surface area contributed by atoms with Gasteiger partial charge in [0.15, 0.2) is 0 Å². The zero-order valence-electron chi connectivity index (χ0n) is 10.8. The van der Waals surface area contributed by atoms with Crippen molar-refractivity contribution < 1.29 is 9.63 Å². The summed E-state index contributed by atoms with van der Waals surface area (Å²) in [6.07, 6.45) is 0.750. The molecule has 0 bridgehead atoms. The van der Waals surface area contributed by atoms with Crippen molar-refractivity contribution >= 4 is 11.3 Å². The van der Waals surface area contributed by atoms with E-state index < -0.39 is 0 Å². The Morgan fingerprint density at radius 1 is 1.58 bits per heavy atom. The summed E-state index contributed by atoms with van der Waals surface area (Å²) in [5, 5.41) is 17.9. The van der Waals surface area contributed by atoms with Crippen molar-refractivity contribution in [2.45, 2.75) is 26.0 Å². The lowest BCUT2D eigenvalue weighted by atomic mass is 9.96. The van der Waals surface area contributed by atoms with Crippen LogP contribution in [0.3, 0.4) is 0 Å². The number of piperidine rings is 1. The molecule has 0 amide bonds. The molecule has 3 heterocycles. The smallest absolute Gasteiger partial charge is 0.241 e. The van der Waals surface area contributed by atoms with Crippen LogP contribution in [0.25, 0.3) is 11.4 Å². The van der Waals surface area contributed by atoms with Crippen LogP contribution in [0.15, 0.2) is 21.3 Å². The summed E-state index contributed by atoms with van der Waals surface area (Å²) in [4.78, 5) is 6.56. The van der Waals surface area contributed by atoms with Crippen LogP contribution in [-0.2, 0) is 6.54 Å². The quantitative estimate of drug-likeness (QED) is 0.931. The van der Waals surface area contributed by atoms with E-state index in [1.807, 2.05) is 16.8 Å². The van der Waals surface area contributed by atoms with Crippen LogP contribution in [0.1, 0.15) is 19.2 Å². The van der Waals surface area contributed by atoms with Gasteiger partial charge in [-0.05, 0) is 30.3 Å². The molecule has 19 heavy (non-hydrogen) atoms. The molecule has 0 radical (unpaired) electrons. The van der Waals surface area contributed by atoms with Gasteiger partial charge in [-0.2, -0.15) is 16.3 Å². The Hall–Kier alpha value is -1.24. The molecule has 3 rings (SSSR count). The van der Waals surface area contributed by atoms with E-state index in [0.29, 0.717) is 30.7 Å². The van der Waals surface area contributed by atoms with E-state index in [-0.39, 0.29) is 6.10 Å². The van der Waals surface area contributed by atoms with E-state index in [4.69, 9.17) is 4.52 Å². The molecule has 2 aromatic rings. The normalized spacial score (nSPS) is 24.7. The summed E-state index contributed by atoms with van der Waals surface area (Å²) in [5.41, 5.74) is 0.993. The Morgan fingerprint density at radius 2 is 2.47 bits per heavy atom. The van der Waals surface area contributed by atoms with E-state index in [1.165, 1.54) is 0 Å². The number of hydrogen-bond donors (Lipinski definition) is 1. The highest BCUT2D eigenvalue weighted by molar-refractivity contribution is 7.08. The second-order valence-corrected chi connectivity index (χ2v) is 5.87. The molecular weight excluding hydrogens is 262 g/mol. The van der Waals surface area contributed by atoms with Crippen LogP contribution < -0.4 is 0 Å². The maximum absolute atomic E-state index is 9.87. The third-order valence-corrected chi connectivity index (χ3v) is 4.29. The Kier molecular flexibility index (Phi) is 3.63. The zero-order chi connectivity index (χ0) is 13.2. The van der Waals surface area contributed by atoms with Crippen molar-refractivity contribution in [3.8, 4) is 11.4 Å². The number of rotatable bonds is 3. The van der Waals surface area contributed by atoms with E-state index >= 15 is 0 Å². The highest BCUT2D eigenvalue weighted by Crippen LogP contribution is 2.21. The number of hydrogen-bond acceptors (Lipinski definition) is 6. The summed E-state index contributed by atoms with van der Waals surface area (Å²) in [5.74, 6) is 1.63. The first kappa shape index (κ1) is 12.8. The minimum atomic E-state index is -0.256. The van der Waals surface area contributed by atoms with Gasteiger partial charge in [0.25, 0.3) is 0 Å². The molecule has 1 aliphatic rings. The molecule has 1 N–H and O–H groups in total. The molecule has 2 aromatic heterocycles. The van der Waals surface area contributed by atoms with E-state index in [1.54, 1.807) is 11.3 Å². The van der Waals surface area contributed by atoms with Crippen molar-refractivity contribution in [1.29, 1.82) is 0 Å². The first-order valence-corrected chi connectivity index (χ1v) is 7.42. The van der Waals surface area contributed by atoms with Gasteiger partial charge in [-0.1, -0.05) is 12.1 Å². The third kappa shape index (κ3) is 2.86. The summed E-state index contributed by atoms with van der Waals surface area (Å²) in [7, 11) is 0. The minimum Gasteiger partial charge on any atom is -0.392 e. The SMILES string of the molecule is CC1CCN(Cc2nc(-c3ccsc3)no2)CC1O. The number of aromatic nitrogens is 2. The number of aliphatic hydroxyl groups is 1. The van der Waals surface area contributed by atoms with Gasteiger partial charge in [-0.15, -0.1) is 0 Å². The van der Waals surface area contributed by atoms with Crippen LogP contribution in [0.4, 0.5) is 0 Å². The average Bonchev–Trinajstić information content (AvgIpc) is 3.04. The van der Waals surface area contributed by atoms with Gasteiger partial charge in [0.05, 0.1) is 12.6 Å².